The van der Waals surface area contributed by atoms with E-state index in [1.165, 1.54) is 12.1 Å². The third-order valence-electron chi connectivity index (χ3n) is 6.88. The van der Waals surface area contributed by atoms with Crippen LogP contribution in [0.3, 0.4) is 0 Å². The summed E-state index contributed by atoms with van der Waals surface area (Å²) in [6.45, 7) is 2.51. The zero-order valence-corrected chi connectivity index (χ0v) is 19.9. The Balaban J connectivity index is 1.40. The van der Waals surface area contributed by atoms with Crippen LogP contribution in [0.2, 0.25) is 0 Å². The summed E-state index contributed by atoms with van der Waals surface area (Å²) in [5, 5.41) is 23.3. The van der Waals surface area contributed by atoms with E-state index >= 15 is 0 Å². The van der Waals surface area contributed by atoms with Crippen LogP contribution in [0.5, 0.6) is 11.6 Å². The molecule has 0 saturated carbocycles. The van der Waals surface area contributed by atoms with Gasteiger partial charge in [-0.2, -0.15) is 0 Å². The van der Waals surface area contributed by atoms with Gasteiger partial charge in [0.05, 0.1) is 17.5 Å². The number of phenolic OH excluding ortho intramolecular Hbond substituents is 1. The molecule has 2 aromatic carbocycles. The lowest BCUT2D eigenvalue weighted by Gasteiger charge is -2.35. The predicted octanol–water partition coefficient (Wildman–Crippen LogP) is 4.15. The molecule has 9 heteroatoms. The second kappa shape index (κ2) is 9.09. The minimum Gasteiger partial charge on any atom is -0.505 e. The van der Waals surface area contributed by atoms with Gasteiger partial charge in [-0.15, -0.1) is 0 Å². The van der Waals surface area contributed by atoms with Crippen molar-refractivity contribution in [2.75, 3.05) is 31.1 Å². The number of carbonyl (C=O) groups excluding carboxylic acids is 1. The van der Waals surface area contributed by atoms with E-state index in [9.17, 15) is 19.4 Å². The molecule has 8 nitrogen and oxygen atoms in total. The van der Waals surface area contributed by atoms with Crippen LogP contribution in [0.15, 0.2) is 73.2 Å². The molecular formula is C28H24FN5O3. The maximum atomic E-state index is 13.9. The first kappa shape index (κ1) is 22.8. The van der Waals surface area contributed by atoms with E-state index in [-0.39, 0.29) is 40.8 Å². The van der Waals surface area contributed by atoms with Crippen LogP contribution in [0.4, 0.5) is 10.2 Å². The highest BCUT2D eigenvalue weighted by molar-refractivity contribution is 6.21. The molecule has 1 fully saturated rings. The van der Waals surface area contributed by atoms with Crippen LogP contribution in [-0.4, -0.2) is 61.7 Å². The monoisotopic (exact) mass is 497 g/mol. The third kappa shape index (κ3) is 3.98. The number of fused-ring (bicyclic) bond motifs is 2. The summed E-state index contributed by atoms with van der Waals surface area (Å²) in [5.74, 6) is -0.0332. The SMILES string of the molecule is O=C(c1c2cccnc2c(O)c2c(O)n(Cc3ccc(F)cc3)cc12)N1CCN(c2ccccn2)CC1. The number of hydrogen-bond donors (Lipinski definition) is 2. The number of aromatic hydroxyl groups is 2. The quantitative estimate of drug-likeness (QED) is 0.388. The molecule has 4 heterocycles. The highest BCUT2D eigenvalue weighted by Gasteiger charge is 2.29. The minimum absolute atomic E-state index is 0.170. The highest BCUT2D eigenvalue weighted by Crippen LogP contribution is 2.43. The Morgan fingerprint density at radius 3 is 2.38 bits per heavy atom. The first-order valence-corrected chi connectivity index (χ1v) is 12.0. The number of rotatable bonds is 4. The summed E-state index contributed by atoms with van der Waals surface area (Å²) in [5.41, 5.74) is 1.40. The van der Waals surface area contributed by atoms with Gasteiger partial charge >= 0.3 is 0 Å². The van der Waals surface area contributed by atoms with Gasteiger partial charge in [0.15, 0.2) is 5.75 Å². The molecule has 5 aromatic rings. The van der Waals surface area contributed by atoms with E-state index in [0.717, 1.165) is 11.4 Å². The van der Waals surface area contributed by atoms with Crippen molar-refractivity contribution >= 4 is 33.4 Å². The van der Waals surface area contributed by atoms with Gasteiger partial charge in [-0.25, -0.2) is 9.37 Å². The standard InChI is InChI=1S/C28H24FN5O3/c29-19-8-6-18(7-9-19)16-34-17-21-23(20-4-3-11-31-25(20)26(35)24(21)28(34)37)27(36)33-14-12-32(13-15-33)22-5-1-2-10-30-22/h1-11,17,35,37H,12-16H2. The van der Waals surface area contributed by atoms with E-state index < -0.39 is 0 Å². The van der Waals surface area contributed by atoms with Crippen molar-refractivity contribution in [1.82, 2.24) is 19.4 Å². The number of benzene rings is 2. The number of amides is 1. The fourth-order valence-corrected chi connectivity index (χ4v) is 5.00. The van der Waals surface area contributed by atoms with E-state index in [4.69, 9.17) is 0 Å². The number of carbonyl (C=O) groups is 1. The van der Waals surface area contributed by atoms with Crippen molar-refractivity contribution < 1.29 is 19.4 Å². The van der Waals surface area contributed by atoms with Crippen molar-refractivity contribution in [2.45, 2.75) is 6.54 Å². The number of piperazine rings is 1. The van der Waals surface area contributed by atoms with Crippen molar-refractivity contribution in [3.05, 3.63) is 90.1 Å². The summed E-state index contributed by atoms with van der Waals surface area (Å²) in [7, 11) is 0. The normalized spacial score (nSPS) is 14.0. The minimum atomic E-state index is -0.350. The van der Waals surface area contributed by atoms with Gasteiger partial charge in [-0.1, -0.05) is 24.3 Å². The fourth-order valence-electron chi connectivity index (χ4n) is 5.00. The van der Waals surface area contributed by atoms with Crippen molar-refractivity contribution in [2.24, 2.45) is 0 Å². The Hall–Kier alpha value is -4.66. The molecule has 0 bridgehead atoms. The Bertz CT molecular complexity index is 1610. The fraction of sp³-hybridized carbons (Fsp3) is 0.179. The van der Waals surface area contributed by atoms with Gasteiger partial charge in [-0.05, 0) is 35.9 Å². The lowest BCUT2D eigenvalue weighted by atomic mass is 10.00. The van der Waals surface area contributed by atoms with Gasteiger partial charge in [0.25, 0.3) is 5.91 Å². The number of nitrogens with zero attached hydrogens (tertiary/aromatic N) is 5. The smallest absolute Gasteiger partial charge is 0.255 e. The average Bonchev–Trinajstić information content (AvgIpc) is 3.26. The Labute approximate surface area is 211 Å². The molecule has 0 unspecified atom stereocenters. The van der Waals surface area contributed by atoms with E-state index in [0.29, 0.717) is 42.5 Å². The zero-order chi connectivity index (χ0) is 25.5. The van der Waals surface area contributed by atoms with Gasteiger partial charge < -0.3 is 24.6 Å². The van der Waals surface area contributed by atoms with Gasteiger partial charge in [0.2, 0.25) is 5.88 Å². The molecule has 1 saturated heterocycles. The van der Waals surface area contributed by atoms with Gasteiger partial charge in [0, 0.05) is 55.5 Å². The first-order valence-electron chi connectivity index (χ1n) is 12.0. The molecule has 0 aliphatic carbocycles. The average molecular weight is 498 g/mol. The van der Waals surface area contributed by atoms with Crippen molar-refractivity contribution in [3.63, 3.8) is 0 Å². The molecule has 0 atom stereocenters. The summed E-state index contributed by atoms with van der Waals surface area (Å²) >= 11 is 0. The molecule has 2 N–H and O–H groups in total. The van der Waals surface area contributed by atoms with Crippen LogP contribution in [0.25, 0.3) is 21.7 Å². The molecule has 3 aromatic heterocycles. The maximum absolute atomic E-state index is 13.9. The van der Waals surface area contributed by atoms with Crippen LogP contribution >= 0.6 is 0 Å². The summed E-state index contributed by atoms with van der Waals surface area (Å²) in [4.78, 5) is 26.6. The number of aromatic nitrogens is 3. The second-order valence-corrected chi connectivity index (χ2v) is 9.09. The predicted molar refractivity (Wildman–Crippen MR) is 138 cm³/mol. The number of hydrogen-bond acceptors (Lipinski definition) is 6. The Morgan fingerprint density at radius 1 is 0.892 bits per heavy atom. The molecule has 1 amide bonds. The van der Waals surface area contributed by atoms with Crippen LogP contribution in [0.1, 0.15) is 15.9 Å². The number of pyridine rings is 2. The molecule has 186 valence electrons. The van der Waals surface area contributed by atoms with E-state index in [1.54, 1.807) is 52.3 Å². The zero-order valence-electron chi connectivity index (χ0n) is 19.9. The topological polar surface area (TPSA) is 94.7 Å². The largest absolute Gasteiger partial charge is 0.505 e. The molecule has 6 rings (SSSR count). The van der Waals surface area contributed by atoms with E-state index in [2.05, 4.69) is 14.9 Å². The highest BCUT2D eigenvalue weighted by atomic mass is 19.1. The molecule has 0 spiro atoms. The van der Waals surface area contributed by atoms with E-state index in [1.807, 2.05) is 18.2 Å². The molecule has 0 radical (unpaired) electrons. The molecule has 37 heavy (non-hydrogen) atoms. The van der Waals surface area contributed by atoms with Crippen LogP contribution in [-0.2, 0) is 6.54 Å². The molecular weight excluding hydrogens is 473 g/mol. The van der Waals surface area contributed by atoms with Gasteiger partial charge in [-0.3, -0.25) is 9.78 Å². The van der Waals surface area contributed by atoms with Gasteiger partial charge in [0.1, 0.15) is 17.2 Å². The van der Waals surface area contributed by atoms with Crippen LogP contribution < -0.4 is 4.90 Å². The lowest BCUT2D eigenvalue weighted by molar-refractivity contribution is 0.0750. The Kier molecular flexibility index (Phi) is 5.60. The van der Waals surface area contributed by atoms with Crippen molar-refractivity contribution in [3.8, 4) is 11.6 Å². The first-order chi connectivity index (χ1) is 18.0. The lowest BCUT2D eigenvalue weighted by Crippen LogP contribution is -2.49. The number of anilines is 1. The summed E-state index contributed by atoms with van der Waals surface area (Å²) < 4.78 is 14.9. The molecule has 1 aliphatic rings. The number of halogens is 1. The molecule has 1 aliphatic heterocycles. The number of phenols is 1. The van der Waals surface area contributed by atoms with Crippen LogP contribution in [0, 0.1) is 5.82 Å². The second-order valence-electron chi connectivity index (χ2n) is 9.09. The van der Waals surface area contributed by atoms with Crippen molar-refractivity contribution in [1.29, 1.82) is 0 Å². The summed E-state index contributed by atoms with van der Waals surface area (Å²) in [6, 6.07) is 15.2. The maximum Gasteiger partial charge on any atom is 0.255 e. The third-order valence-corrected chi connectivity index (χ3v) is 6.88. The Morgan fingerprint density at radius 2 is 1.65 bits per heavy atom. The summed E-state index contributed by atoms with van der Waals surface area (Å²) in [6.07, 6.45) is 4.96.